The molecule has 3 heterocycles. The zero-order valence-electron chi connectivity index (χ0n) is 18.3. The van der Waals surface area contributed by atoms with Crippen molar-refractivity contribution in [2.24, 2.45) is 16.8 Å². The van der Waals surface area contributed by atoms with Gasteiger partial charge in [-0.1, -0.05) is 6.07 Å². The van der Waals surface area contributed by atoms with Crippen LogP contribution in [-0.2, 0) is 14.3 Å². The highest BCUT2D eigenvalue weighted by Crippen LogP contribution is 2.30. The number of carbonyl (C=O) groups excluding carboxylic acids is 2. The van der Waals surface area contributed by atoms with E-state index in [-0.39, 0.29) is 17.7 Å². The molecule has 1 unspecified atom stereocenters. The lowest BCUT2D eigenvalue weighted by Gasteiger charge is -2.18. The number of amides is 2. The van der Waals surface area contributed by atoms with E-state index >= 15 is 0 Å². The third kappa shape index (κ3) is 4.85. The zero-order chi connectivity index (χ0) is 22.7. The lowest BCUT2D eigenvalue weighted by atomic mass is 10.0. The molecule has 0 spiro atoms. The molecule has 1 aromatic heterocycles. The second-order valence-corrected chi connectivity index (χ2v) is 8.42. The maximum absolute atomic E-state index is 14.9. The summed E-state index contributed by atoms with van der Waals surface area (Å²) < 4.78 is 20.1. The second-order valence-electron chi connectivity index (χ2n) is 8.42. The van der Waals surface area contributed by atoms with Gasteiger partial charge in [0.2, 0.25) is 11.8 Å². The van der Waals surface area contributed by atoms with E-state index in [9.17, 15) is 14.0 Å². The number of benzene rings is 1. The van der Waals surface area contributed by atoms with Gasteiger partial charge >= 0.3 is 0 Å². The van der Waals surface area contributed by atoms with Crippen LogP contribution in [0, 0.1) is 17.7 Å². The Balaban J connectivity index is 1.45. The molecule has 1 saturated heterocycles. The summed E-state index contributed by atoms with van der Waals surface area (Å²) in [6.07, 6.45) is 2.82. The van der Waals surface area contributed by atoms with Crippen molar-refractivity contribution in [1.82, 2.24) is 10.3 Å². The number of halogens is 1. The van der Waals surface area contributed by atoms with Crippen molar-refractivity contribution >= 4 is 23.2 Å². The third-order valence-corrected chi connectivity index (χ3v) is 5.90. The first kappa shape index (κ1) is 22.1. The van der Waals surface area contributed by atoms with Gasteiger partial charge in [0.05, 0.1) is 18.0 Å². The number of methoxy groups -OCH3 is 1. The zero-order valence-corrected chi connectivity index (χ0v) is 18.3. The lowest BCUT2D eigenvalue weighted by molar-refractivity contribution is -0.120. The standard InChI is InChI=1S/C24H27FN4O3/c1-15(30)26-10-16-8-24(31)29(13-16)19-4-5-20(21(25)9-19)18-3-6-22(28-12-18)23-7-17(11-27-23)14-32-2/h3-6,9,12,16-17H,7-8,10-11,13-14H2,1-2H3,(H,26,30)/t16?,17-/m1/s1. The summed E-state index contributed by atoms with van der Waals surface area (Å²) in [7, 11) is 1.69. The molecule has 1 fully saturated rings. The molecule has 2 aliphatic rings. The van der Waals surface area contributed by atoms with Crippen LogP contribution < -0.4 is 10.2 Å². The Hall–Kier alpha value is -3.13. The Morgan fingerprint density at radius 2 is 2.09 bits per heavy atom. The van der Waals surface area contributed by atoms with E-state index in [1.54, 1.807) is 30.3 Å². The Morgan fingerprint density at radius 1 is 1.25 bits per heavy atom. The molecule has 0 aliphatic carbocycles. The molecule has 0 bridgehead atoms. The fourth-order valence-electron chi connectivity index (χ4n) is 4.26. The number of pyridine rings is 1. The van der Waals surface area contributed by atoms with Crippen LogP contribution in [0.1, 0.15) is 25.5 Å². The van der Waals surface area contributed by atoms with Gasteiger partial charge in [0, 0.05) is 74.9 Å². The predicted molar refractivity (Wildman–Crippen MR) is 120 cm³/mol. The first-order valence-corrected chi connectivity index (χ1v) is 10.8. The lowest BCUT2D eigenvalue weighted by Crippen LogP contribution is -2.29. The maximum atomic E-state index is 14.9. The number of rotatable bonds is 7. The molecule has 2 amide bonds. The van der Waals surface area contributed by atoms with Gasteiger partial charge in [0.25, 0.3) is 0 Å². The van der Waals surface area contributed by atoms with Gasteiger partial charge in [-0.2, -0.15) is 0 Å². The van der Waals surface area contributed by atoms with Crippen molar-refractivity contribution < 1.29 is 18.7 Å². The highest BCUT2D eigenvalue weighted by atomic mass is 19.1. The topological polar surface area (TPSA) is 83.9 Å². The molecule has 0 saturated carbocycles. The smallest absolute Gasteiger partial charge is 0.227 e. The number of ether oxygens (including phenoxy) is 1. The van der Waals surface area contributed by atoms with Gasteiger partial charge in [-0.15, -0.1) is 0 Å². The van der Waals surface area contributed by atoms with Crippen molar-refractivity contribution in [2.45, 2.75) is 19.8 Å². The average Bonchev–Trinajstić information content (AvgIpc) is 3.39. The fourth-order valence-corrected chi connectivity index (χ4v) is 4.26. The van der Waals surface area contributed by atoms with E-state index < -0.39 is 5.82 Å². The maximum Gasteiger partial charge on any atom is 0.227 e. The quantitative estimate of drug-likeness (QED) is 0.721. The van der Waals surface area contributed by atoms with Crippen molar-refractivity contribution in [1.29, 1.82) is 0 Å². The highest BCUT2D eigenvalue weighted by Gasteiger charge is 2.31. The molecule has 7 nitrogen and oxygen atoms in total. The Labute approximate surface area is 186 Å². The summed E-state index contributed by atoms with van der Waals surface area (Å²) in [6, 6.07) is 8.53. The predicted octanol–water partition coefficient (Wildman–Crippen LogP) is 2.83. The molecule has 4 rings (SSSR count). The monoisotopic (exact) mass is 438 g/mol. The number of hydrogen-bond donors (Lipinski definition) is 1. The molecular weight excluding hydrogens is 411 g/mol. The molecule has 0 radical (unpaired) electrons. The first-order valence-electron chi connectivity index (χ1n) is 10.8. The molecule has 32 heavy (non-hydrogen) atoms. The van der Waals surface area contributed by atoms with Crippen LogP contribution in [0.3, 0.4) is 0 Å². The summed E-state index contributed by atoms with van der Waals surface area (Å²) >= 11 is 0. The van der Waals surface area contributed by atoms with Gasteiger partial charge < -0.3 is 15.0 Å². The Kier molecular flexibility index (Phi) is 6.60. The number of aliphatic imine (C=N–C) groups is 1. The highest BCUT2D eigenvalue weighted by molar-refractivity contribution is 6.00. The van der Waals surface area contributed by atoms with E-state index in [1.807, 2.05) is 12.1 Å². The number of carbonyl (C=O) groups is 2. The number of anilines is 1. The minimum atomic E-state index is -0.409. The van der Waals surface area contributed by atoms with Crippen LogP contribution in [-0.4, -0.2) is 55.9 Å². The molecule has 8 heteroatoms. The van der Waals surface area contributed by atoms with Crippen LogP contribution >= 0.6 is 0 Å². The molecule has 2 atom stereocenters. The first-order chi connectivity index (χ1) is 15.4. The van der Waals surface area contributed by atoms with Crippen LogP contribution in [0.2, 0.25) is 0 Å². The van der Waals surface area contributed by atoms with Crippen LogP contribution in [0.5, 0.6) is 0 Å². The normalized spacial score (nSPS) is 20.5. The molecule has 2 aliphatic heterocycles. The molecule has 1 aromatic carbocycles. The number of nitrogens with zero attached hydrogens (tertiary/aromatic N) is 3. The molecule has 1 N–H and O–H groups in total. The van der Waals surface area contributed by atoms with E-state index in [1.165, 1.54) is 13.0 Å². The minimum absolute atomic E-state index is 0.0212. The summed E-state index contributed by atoms with van der Waals surface area (Å²) in [4.78, 5) is 34.1. The Morgan fingerprint density at radius 3 is 2.78 bits per heavy atom. The summed E-state index contributed by atoms with van der Waals surface area (Å²) in [5.74, 6) is -0.197. The van der Waals surface area contributed by atoms with E-state index in [0.29, 0.717) is 48.8 Å². The number of nitrogens with one attached hydrogen (secondary N) is 1. The molecule has 168 valence electrons. The minimum Gasteiger partial charge on any atom is -0.384 e. The number of aromatic nitrogens is 1. The van der Waals surface area contributed by atoms with E-state index in [0.717, 1.165) is 24.4 Å². The second kappa shape index (κ2) is 9.56. The van der Waals surface area contributed by atoms with Crippen LogP contribution in [0.4, 0.5) is 10.1 Å². The third-order valence-electron chi connectivity index (χ3n) is 5.90. The van der Waals surface area contributed by atoms with Crippen molar-refractivity contribution in [2.75, 3.05) is 38.3 Å². The molecule has 2 aromatic rings. The van der Waals surface area contributed by atoms with E-state index in [2.05, 4.69) is 15.3 Å². The average molecular weight is 439 g/mol. The SMILES string of the molecule is COC[C@H]1CN=C(c2ccc(-c3ccc(N4CC(CNC(C)=O)CC4=O)cc3F)cn2)C1. The van der Waals surface area contributed by atoms with Gasteiger partial charge in [-0.25, -0.2) is 4.39 Å². The summed E-state index contributed by atoms with van der Waals surface area (Å²) in [6.45, 7) is 3.76. The van der Waals surface area contributed by atoms with Gasteiger partial charge in [-0.3, -0.25) is 19.6 Å². The van der Waals surface area contributed by atoms with Gasteiger partial charge in [-0.05, 0) is 30.7 Å². The largest absolute Gasteiger partial charge is 0.384 e. The van der Waals surface area contributed by atoms with Crippen molar-refractivity contribution in [3.8, 4) is 11.1 Å². The van der Waals surface area contributed by atoms with Gasteiger partial charge in [0.1, 0.15) is 5.82 Å². The van der Waals surface area contributed by atoms with Crippen LogP contribution in [0.15, 0.2) is 41.5 Å². The Bertz CT molecular complexity index is 1040. The summed E-state index contributed by atoms with van der Waals surface area (Å²) in [5, 5.41) is 2.74. The van der Waals surface area contributed by atoms with Gasteiger partial charge in [0.15, 0.2) is 0 Å². The molecular formula is C24H27FN4O3. The van der Waals surface area contributed by atoms with E-state index in [4.69, 9.17) is 4.74 Å². The van der Waals surface area contributed by atoms with Crippen molar-refractivity contribution in [3.05, 3.63) is 48.0 Å². The fraction of sp³-hybridized carbons (Fsp3) is 0.417. The van der Waals surface area contributed by atoms with Crippen molar-refractivity contribution in [3.63, 3.8) is 0 Å². The summed E-state index contributed by atoms with van der Waals surface area (Å²) in [5.41, 5.74) is 3.38. The van der Waals surface area contributed by atoms with Crippen LogP contribution in [0.25, 0.3) is 11.1 Å². The number of hydrogen-bond acceptors (Lipinski definition) is 5.